The molecule has 1 aliphatic carbocycles. The quantitative estimate of drug-likeness (QED) is 0.839. The molecule has 20 heavy (non-hydrogen) atoms. The van der Waals surface area contributed by atoms with Crippen LogP contribution in [-0.4, -0.2) is 29.9 Å². The number of aliphatic hydroxyl groups is 1. The lowest BCUT2D eigenvalue weighted by Gasteiger charge is -2.28. The molecule has 110 valence electrons. The van der Waals surface area contributed by atoms with Gasteiger partial charge in [-0.2, -0.15) is 0 Å². The van der Waals surface area contributed by atoms with Gasteiger partial charge in [-0.25, -0.2) is 0 Å². The smallest absolute Gasteiger partial charge is 0.251 e. The van der Waals surface area contributed by atoms with Gasteiger partial charge < -0.3 is 10.4 Å². The third-order valence-corrected chi connectivity index (χ3v) is 4.85. The molecule has 3 nitrogen and oxygen atoms in total. The molecule has 1 saturated carbocycles. The van der Waals surface area contributed by atoms with Crippen molar-refractivity contribution in [2.75, 3.05) is 12.9 Å². The Morgan fingerprint density at radius 1 is 1.35 bits per heavy atom. The lowest BCUT2D eigenvalue weighted by molar-refractivity contribution is 0.0913. The molecule has 4 heteroatoms. The van der Waals surface area contributed by atoms with Crippen LogP contribution in [0.15, 0.2) is 23.1 Å². The molecule has 0 atom stereocenters. The summed E-state index contributed by atoms with van der Waals surface area (Å²) in [6, 6.07) is 6.27. The highest BCUT2D eigenvalue weighted by atomic mass is 32.2. The SMILES string of the molecule is CSc1ccc(C)c(C(=O)NC2CCC(CO)CC2)c1. The molecule has 0 spiro atoms. The molecule has 1 fully saturated rings. The third-order valence-electron chi connectivity index (χ3n) is 4.13. The number of carbonyl (C=O) groups excluding carboxylic acids is 1. The van der Waals surface area contributed by atoms with Crippen molar-refractivity contribution in [1.29, 1.82) is 0 Å². The second kappa shape index (κ2) is 7.14. The van der Waals surface area contributed by atoms with Crippen molar-refractivity contribution < 1.29 is 9.90 Å². The third kappa shape index (κ3) is 3.76. The van der Waals surface area contributed by atoms with E-state index in [0.29, 0.717) is 5.92 Å². The predicted molar refractivity (Wildman–Crippen MR) is 83.3 cm³/mol. The van der Waals surface area contributed by atoms with Crippen molar-refractivity contribution >= 4 is 17.7 Å². The summed E-state index contributed by atoms with van der Waals surface area (Å²) in [6.45, 7) is 2.25. The number of hydrogen-bond acceptors (Lipinski definition) is 3. The molecule has 0 bridgehead atoms. The number of nitrogens with one attached hydrogen (secondary N) is 1. The maximum Gasteiger partial charge on any atom is 0.251 e. The second-order valence-electron chi connectivity index (χ2n) is 5.55. The Morgan fingerprint density at radius 2 is 2.05 bits per heavy atom. The van der Waals surface area contributed by atoms with E-state index in [1.165, 1.54) is 0 Å². The summed E-state index contributed by atoms with van der Waals surface area (Å²) in [6.07, 6.45) is 5.97. The zero-order valence-electron chi connectivity index (χ0n) is 12.2. The van der Waals surface area contributed by atoms with Gasteiger partial charge in [-0.1, -0.05) is 6.07 Å². The van der Waals surface area contributed by atoms with Gasteiger partial charge in [0.05, 0.1) is 0 Å². The monoisotopic (exact) mass is 293 g/mol. The van der Waals surface area contributed by atoms with E-state index in [4.69, 9.17) is 5.11 Å². The number of hydrogen-bond donors (Lipinski definition) is 2. The topological polar surface area (TPSA) is 49.3 Å². The molecule has 0 unspecified atom stereocenters. The first-order chi connectivity index (χ1) is 9.63. The van der Waals surface area contributed by atoms with Crippen LogP contribution < -0.4 is 5.32 Å². The molecule has 2 rings (SSSR count). The van der Waals surface area contributed by atoms with Gasteiger partial charge >= 0.3 is 0 Å². The first kappa shape index (κ1) is 15.4. The summed E-state index contributed by atoms with van der Waals surface area (Å²) in [5.41, 5.74) is 1.80. The standard InChI is InChI=1S/C16H23NO2S/c1-11-3-8-14(20-2)9-15(11)16(19)17-13-6-4-12(10-18)5-7-13/h3,8-9,12-13,18H,4-7,10H2,1-2H3,(H,17,19). The maximum absolute atomic E-state index is 12.4. The van der Waals surface area contributed by atoms with E-state index in [1.54, 1.807) is 11.8 Å². The first-order valence-electron chi connectivity index (χ1n) is 7.20. The van der Waals surface area contributed by atoms with Crippen molar-refractivity contribution in [3.8, 4) is 0 Å². The number of aryl methyl sites for hydroxylation is 1. The van der Waals surface area contributed by atoms with Gasteiger partial charge in [0.25, 0.3) is 5.91 Å². The van der Waals surface area contributed by atoms with Gasteiger partial charge in [-0.3, -0.25) is 4.79 Å². The van der Waals surface area contributed by atoms with Crippen LogP contribution in [0.5, 0.6) is 0 Å². The molecule has 1 aromatic carbocycles. The molecule has 2 N–H and O–H groups in total. The lowest BCUT2D eigenvalue weighted by Crippen LogP contribution is -2.38. The predicted octanol–water partition coefficient (Wildman–Crippen LogP) is 3.00. The second-order valence-corrected chi connectivity index (χ2v) is 6.43. The highest BCUT2D eigenvalue weighted by Gasteiger charge is 2.22. The maximum atomic E-state index is 12.4. The Balaban J connectivity index is 1.98. The number of carbonyl (C=O) groups is 1. The molecule has 0 heterocycles. The van der Waals surface area contributed by atoms with E-state index < -0.39 is 0 Å². The van der Waals surface area contributed by atoms with Crippen molar-refractivity contribution in [2.45, 2.75) is 43.5 Å². The molecular formula is C16H23NO2S. The van der Waals surface area contributed by atoms with Crippen LogP contribution in [0.4, 0.5) is 0 Å². The zero-order valence-corrected chi connectivity index (χ0v) is 13.0. The van der Waals surface area contributed by atoms with Crippen LogP contribution in [0.3, 0.4) is 0 Å². The minimum atomic E-state index is 0.0332. The van der Waals surface area contributed by atoms with E-state index in [-0.39, 0.29) is 18.6 Å². The Kier molecular flexibility index (Phi) is 5.49. The Morgan fingerprint density at radius 3 is 2.65 bits per heavy atom. The average molecular weight is 293 g/mol. The first-order valence-corrected chi connectivity index (χ1v) is 8.43. The van der Waals surface area contributed by atoms with Gasteiger partial charge in [-0.15, -0.1) is 11.8 Å². The fourth-order valence-electron chi connectivity index (χ4n) is 2.73. The van der Waals surface area contributed by atoms with Gasteiger partial charge in [0.1, 0.15) is 0 Å². The number of rotatable bonds is 4. The van der Waals surface area contributed by atoms with E-state index in [9.17, 15) is 4.79 Å². The van der Waals surface area contributed by atoms with Crippen LogP contribution in [0.2, 0.25) is 0 Å². The largest absolute Gasteiger partial charge is 0.396 e. The van der Waals surface area contributed by atoms with E-state index in [0.717, 1.165) is 41.7 Å². The summed E-state index contributed by atoms with van der Waals surface area (Å²) < 4.78 is 0. The normalized spacial score (nSPS) is 22.6. The molecule has 0 saturated heterocycles. The van der Waals surface area contributed by atoms with Crippen LogP contribution >= 0.6 is 11.8 Å². The Labute approximate surface area is 125 Å². The van der Waals surface area contributed by atoms with Crippen molar-refractivity contribution in [3.63, 3.8) is 0 Å². The van der Waals surface area contributed by atoms with E-state index >= 15 is 0 Å². The molecule has 0 aliphatic heterocycles. The number of thioether (sulfide) groups is 1. The summed E-state index contributed by atoms with van der Waals surface area (Å²) in [7, 11) is 0. The molecule has 1 aromatic rings. The molecule has 1 amide bonds. The van der Waals surface area contributed by atoms with Crippen LogP contribution in [0, 0.1) is 12.8 Å². The van der Waals surface area contributed by atoms with Gasteiger partial charge in [-0.05, 0) is 62.5 Å². The number of aliphatic hydroxyl groups excluding tert-OH is 1. The summed E-state index contributed by atoms with van der Waals surface area (Å²) in [4.78, 5) is 13.5. The average Bonchev–Trinajstić information content (AvgIpc) is 2.48. The number of benzene rings is 1. The van der Waals surface area contributed by atoms with Crippen molar-refractivity contribution in [3.05, 3.63) is 29.3 Å². The Hall–Kier alpha value is -1.00. The van der Waals surface area contributed by atoms with Gasteiger partial charge in [0.15, 0.2) is 0 Å². The van der Waals surface area contributed by atoms with Crippen molar-refractivity contribution in [2.24, 2.45) is 5.92 Å². The van der Waals surface area contributed by atoms with Crippen LogP contribution in [-0.2, 0) is 0 Å². The lowest BCUT2D eigenvalue weighted by atomic mass is 9.86. The molecule has 0 aromatic heterocycles. The van der Waals surface area contributed by atoms with Gasteiger partial charge in [0, 0.05) is 23.1 Å². The van der Waals surface area contributed by atoms with Crippen molar-refractivity contribution in [1.82, 2.24) is 5.32 Å². The number of amides is 1. The Bertz CT molecular complexity index is 468. The minimum Gasteiger partial charge on any atom is -0.396 e. The van der Waals surface area contributed by atoms with E-state index in [2.05, 4.69) is 5.32 Å². The zero-order chi connectivity index (χ0) is 14.5. The molecular weight excluding hydrogens is 270 g/mol. The summed E-state index contributed by atoms with van der Waals surface area (Å²) >= 11 is 1.65. The van der Waals surface area contributed by atoms with Crippen LogP contribution in [0.25, 0.3) is 0 Å². The fraction of sp³-hybridized carbons (Fsp3) is 0.562. The molecule has 1 aliphatic rings. The fourth-order valence-corrected chi connectivity index (χ4v) is 3.17. The van der Waals surface area contributed by atoms with E-state index in [1.807, 2.05) is 31.4 Å². The van der Waals surface area contributed by atoms with Gasteiger partial charge in [0.2, 0.25) is 0 Å². The minimum absolute atomic E-state index is 0.0332. The summed E-state index contributed by atoms with van der Waals surface area (Å²) in [5, 5.41) is 12.3. The van der Waals surface area contributed by atoms with Crippen LogP contribution in [0.1, 0.15) is 41.6 Å². The highest BCUT2D eigenvalue weighted by Crippen LogP contribution is 2.24. The molecule has 0 radical (unpaired) electrons. The summed E-state index contributed by atoms with van der Waals surface area (Å²) in [5.74, 6) is 0.454. The highest BCUT2D eigenvalue weighted by molar-refractivity contribution is 7.98.